The van der Waals surface area contributed by atoms with Gasteiger partial charge < -0.3 is 15.4 Å². The van der Waals surface area contributed by atoms with Crippen molar-refractivity contribution in [2.24, 2.45) is 5.73 Å². The molecule has 0 spiro atoms. The van der Waals surface area contributed by atoms with Crippen LogP contribution >= 0.6 is 0 Å². The molecule has 1 fully saturated rings. The maximum Gasteiger partial charge on any atom is 0.255 e. The van der Waals surface area contributed by atoms with Crippen molar-refractivity contribution in [1.82, 2.24) is 4.90 Å². The number of carbonyl (C=O) groups excluding carboxylic acids is 2. The van der Waals surface area contributed by atoms with Crippen LogP contribution in [-0.4, -0.2) is 35.9 Å². The molecule has 0 radical (unpaired) electrons. The third-order valence-corrected chi connectivity index (χ3v) is 4.73. The van der Waals surface area contributed by atoms with Crippen molar-refractivity contribution < 1.29 is 14.3 Å². The van der Waals surface area contributed by atoms with Gasteiger partial charge in [0, 0.05) is 18.2 Å². The average Bonchev–Trinajstić information content (AvgIpc) is 3.14. The Balaban J connectivity index is 1.59. The number of amides is 2. The number of primary amides is 1. The first-order valence-corrected chi connectivity index (χ1v) is 8.99. The Morgan fingerprint density at radius 1 is 1.08 bits per heavy atom. The van der Waals surface area contributed by atoms with E-state index in [0.717, 1.165) is 32.2 Å². The average molecular weight is 352 g/mol. The van der Waals surface area contributed by atoms with Crippen LogP contribution in [0.1, 0.15) is 35.2 Å². The molecule has 0 aromatic heterocycles. The fourth-order valence-corrected chi connectivity index (χ4v) is 3.40. The Bertz CT molecular complexity index is 744. The first-order valence-electron chi connectivity index (χ1n) is 8.99. The molecule has 2 aromatic rings. The van der Waals surface area contributed by atoms with Gasteiger partial charge in [-0.1, -0.05) is 30.3 Å². The minimum Gasteiger partial charge on any atom is -0.484 e. The van der Waals surface area contributed by atoms with Crippen molar-refractivity contribution in [1.29, 1.82) is 0 Å². The number of rotatable bonds is 7. The summed E-state index contributed by atoms with van der Waals surface area (Å²) in [5.41, 5.74) is 7.01. The van der Waals surface area contributed by atoms with Crippen LogP contribution < -0.4 is 10.5 Å². The van der Waals surface area contributed by atoms with Gasteiger partial charge in [0.05, 0.1) is 0 Å². The summed E-state index contributed by atoms with van der Waals surface area (Å²) in [7, 11) is 0. The summed E-state index contributed by atoms with van der Waals surface area (Å²) >= 11 is 0. The van der Waals surface area contributed by atoms with E-state index in [2.05, 4.69) is 24.3 Å². The smallest absolute Gasteiger partial charge is 0.255 e. The van der Waals surface area contributed by atoms with Crippen molar-refractivity contribution >= 4 is 11.8 Å². The van der Waals surface area contributed by atoms with Crippen LogP contribution in [0.15, 0.2) is 54.6 Å². The van der Waals surface area contributed by atoms with Crippen molar-refractivity contribution in [3.05, 3.63) is 65.7 Å². The lowest BCUT2D eigenvalue weighted by Gasteiger charge is -2.25. The molecular weight excluding hydrogens is 328 g/mol. The minimum absolute atomic E-state index is 0.0574. The first kappa shape index (κ1) is 18.0. The summed E-state index contributed by atoms with van der Waals surface area (Å²) in [4.78, 5) is 25.6. The van der Waals surface area contributed by atoms with Crippen molar-refractivity contribution in [2.75, 3.05) is 13.2 Å². The van der Waals surface area contributed by atoms with Crippen LogP contribution in [-0.2, 0) is 11.2 Å². The van der Waals surface area contributed by atoms with E-state index in [1.807, 2.05) is 11.0 Å². The molecule has 1 aliphatic heterocycles. The summed E-state index contributed by atoms with van der Waals surface area (Å²) in [6.07, 6.45) is 4.06. The van der Waals surface area contributed by atoms with E-state index in [9.17, 15) is 9.59 Å². The molecule has 5 nitrogen and oxygen atoms in total. The molecule has 2 amide bonds. The van der Waals surface area contributed by atoms with Gasteiger partial charge in [0.15, 0.2) is 6.61 Å². The number of benzene rings is 2. The second-order valence-electron chi connectivity index (χ2n) is 6.60. The van der Waals surface area contributed by atoms with Crippen LogP contribution in [0.2, 0.25) is 0 Å². The van der Waals surface area contributed by atoms with Gasteiger partial charge in [0.25, 0.3) is 11.8 Å². The summed E-state index contributed by atoms with van der Waals surface area (Å²) in [5, 5.41) is 0. The largest absolute Gasteiger partial charge is 0.484 e. The van der Waals surface area contributed by atoms with E-state index in [0.29, 0.717) is 11.3 Å². The minimum atomic E-state index is -0.525. The summed E-state index contributed by atoms with van der Waals surface area (Å²) in [6.45, 7) is 0.638. The van der Waals surface area contributed by atoms with Crippen LogP contribution in [0.4, 0.5) is 0 Å². The van der Waals surface area contributed by atoms with Gasteiger partial charge in [0.2, 0.25) is 0 Å². The summed E-state index contributed by atoms with van der Waals surface area (Å²) in [5.74, 6) is 0.0629. The Morgan fingerprint density at radius 3 is 2.50 bits per heavy atom. The quantitative estimate of drug-likeness (QED) is 0.833. The standard InChI is InChI=1S/C21H24N2O3/c22-20(24)15-26-19-12-9-17(10-13-19)21(25)23-14-4-7-18(23)11-8-16-5-2-1-3-6-16/h1-3,5-6,9-10,12-13,18H,4,7-8,11,14-15H2,(H2,22,24)/t18-/m0/s1. The number of carbonyl (C=O) groups is 2. The number of nitrogens with two attached hydrogens (primary N) is 1. The highest BCUT2D eigenvalue weighted by atomic mass is 16.5. The Labute approximate surface area is 153 Å². The molecule has 0 bridgehead atoms. The van der Waals surface area contributed by atoms with Crippen molar-refractivity contribution in [2.45, 2.75) is 31.7 Å². The van der Waals surface area contributed by atoms with E-state index in [1.165, 1.54) is 5.56 Å². The Morgan fingerprint density at radius 2 is 1.81 bits per heavy atom. The fraction of sp³-hybridized carbons (Fsp3) is 0.333. The van der Waals surface area contributed by atoms with E-state index >= 15 is 0 Å². The fourth-order valence-electron chi connectivity index (χ4n) is 3.40. The molecule has 0 aliphatic carbocycles. The van der Waals surface area contributed by atoms with Crippen LogP contribution in [0, 0.1) is 0 Å². The molecule has 1 atom stereocenters. The number of likely N-dealkylation sites (tertiary alicyclic amines) is 1. The van der Waals surface area contributed by atoms with Crippen LogP contribution in [0.5, 0.6) is 5.75 Å². The Kier molecular flexibility index (Phi) is 5.89. The monoisotopic (exact) mass is 352 g/mol. The highest BCUT2D eigenvalue weighted by Gasteiger charge is 2.29. The maximum absolute atomic E-state index is 12.9. The molecule has 0 unspecified atom stereocenters. The van der Waals surface area contributed by atoms with Crippen LogP contribution in [0.3, 0.4) is 0 Å². The third kappa shape index (κ3) is 4.63. The number of nitrogens with zero attached hydrogens (tertiary/aromatic N) is 1. The lowest BCUT2D eigenvalue weighted by molar-refractivity contribution is -0.119. The molecule has 1 aliphatic rings. The summed E-state index contributed by atoms with van der Waals surface area (Å²) in [6, 6.07) is 17.5. The SMILES string of the molecule is NC(=O)COc1ccc(C(=O)N2CCC[C@H]2CCc2ccccc2)cc1. The molecule has 1 heterocycles. The molecule has 2 aromatic carbocycles. The molecule has 3 rings (SSSR count). The number of ether oxygens (including phenoxy) is 1. The number of aryl methyl sites for hydroxylation is 1. The summed E-state index contributed by atoms with van der Waals surface area (Å²) < 4.78 is 5.24. The molecule has 2 N–H and O–H groups in total. The van der Waals surface area contributed by atoms with Crippen molar-refractivity contribution in [3.63, 3.8) is 0 Å². The van der Waals surface area contributed by atoms with E-state index in [1.54, 1.807) is 24.3 Å². The van der Waals surface area contributed by atoms with Gasteiger partial charge >= 0.3 is 0 Å². The highest BCUT2D eigenvalue weighted by Crippen LogP contribution is 2.24. The molecule has 0 saturated carbocycles. The molecule has 5 heteroatoms. The van der Waals surface area contributed by atoms with Crippen molar-refractivity contribution in [3.8, 4) is 5.75 Å². The third-order valence-electron chi connectivity index (χ3n) is 4.73. The molecule has 1 saturated heterocycles. The van der Waals surface area contributed by atoms with Gasteiger partial charge in [-0.25, -0.2) is 0 Å². The van der Waals surface area contributed by atoms with E-state index in [4.69, 9.17) is 10.5 Å². The zero-order valence-corrected chi connectivity index (χ0v) is 14.8. The van der Waals surface area contributed by atoms with Gasteiger partial charge in [-0.05, 0) is 55.5 Å². The molecule has 26 heavy (non-hydrogen) atoms. The zero-order valence-electron chi connectivity index (χ0n) is 14.8. The van der Waals surface area contributed by atoms with Crippen LogP contribution in [0.25, 0.3) is 0 Å². The normalized spacial score (nSPS) is 16.5. The molecular formula is C21H24N2O3. The van der Waals surface area contributed by atoms with Gasteiger partial charge in [-0.3, -0.25) is 9.59 Å². The lowest BCUT2D eigenvalue weighted by atomic mass is 10.0. The van der Waals surface area contributed by atoms with E-state index < -0.39 is 5.91 Å². The lowest BCUT2D eigenvalue weighted by Crippen LogP contribution is -2.35. The number of hydrogen-bond acceptors (Lipinski definition) is 3. The Hall–Kier alpha value is -2.82. The van der Waals surface area contributed by atoms with Gasteiger partial charge in [-0.15, -0.1) is 0 Å². The van der Waals surface area contributed by atoms with E-state index in [-0.39, 0.29) is 18.6 Å². The topological polar surface area (TPSA) is 72.6 Å². The zero-order chi connectivity index (χ0) is 18.4. The predicted octanol–water partition coefficient (Wildman–Crippen LogP) is 2.79. The van der Waals surface area contributed by atoms with Gasteiger partial charge in [0.1, 0.15) is 5.75 Å². The number of hydrogen-bond donors (Lipinski definition) is 1. The van der Waals surface area contributed by atoms with Gasteiger partial charge in [-0.2, -0.15) is 0 Å². The maximum atomic E-state index is 12.9. The molecule has 136 valence electrons. The second kappa shape index (κ2) is 8.52. The first-order chi connectivity index (χ1) is 12.6. The highest BCUT2D eigenvalue weighted by molar-refractivity contribution is 5.94. The predicted molar refractivity (Wildman–Crippen MR) is 100.0 cm³/mol. The second-order valence-corrected chi connectivity index (χ2v) is 6.60.